The number of hydrogen-bond donors (Lipinski definition) is 0. The molecule has 0 aliphatic carbocycles. The number of nitrogens with zero attached hydrogens (tertiary/aromatic N) is 4. The highest BCUT2D eigenvalue weighted by atomic mass is 32.1. The summed E-state index contributed by atoms with van der Waals surface area (Å²) in [5.41, 5.74) is -0.0506. The van der Waals surface area contributed by atoms with Gasteiger partial charge in [0.2, 0.25) is 5.95 Å². The van der Waals surface area contributed by atoms with E-state index >= 15 is 0 Å². The van der Waals surface area contributed by atoms with Gasteiger partial charge in [0.1, 0.15) is 4.88 Å². The fraction of sp³-hybridized carbons (Fsp3) is 0.385. The molecule has 2 aromatic heterocycles. The lowest BCUT2D eigenvalue weighted by atomic mass is 9.98. The van der Waals surface area contributed by atoms with Crippen molar-refractivity contribution in [1.29, 1.82) is 0 Å². The Labute approximate surface area is 116 Å². The summed E-state index contributed by atoms with van der Waals surface area (Å²) in [5, 5.41) is 0.943. The molecule has 1 amide bonds. The van der Waals surface area contributed by atoms with Gasteiger partial charge in [-0.2, -0.15) is 0 Å². The molecule has 0 spiro atoms. The summed E-state index contributed by atoms with van der Waals surface area (Å²) in [6.07, 6.45) is 4.84. The van der Waals surface area contributed by atoms with E-state index in [2.05, 4.69) is 35.7 Å². The third kappa shape index (κ3) is 2.96. The maximum atomic E-state index is 12.3. The molecule has 0 bridgehead atoms. The summed E-state index contributed by atoms with van der Waals surface area (Å²) >= 11 is 1.41. The minimum Gasteiger partial charge on any atom is -0.279 e. The second-order valence-electron chi connectivity index (χ2n) is 5.19. The van der Waals surface area contributed by atoms with E-state index in [-0.39, 0.29) is 11.3 Å². The molecular formula is C13H16N4OS. The predicted octanol–water partition coefficient (Wildman–Crippen LogP) is 2.51. The number of hydrogen-bond acceptors (Lipinski definition) is 5. The minimum atomic E-state index is -0.140. The van der Waals surface area contributed by atoms with Crippen LogP contribution in [0.3, 0.4) is 0 Å². The van der Waals surface area contributed by atoms with Crippen LogP contribution in [0.4, 0.5) is 5.95 Å². The molecule has 0 aliphatic heterocycles. The van der Waals surface area contributed by atoms with Crippen molar-refractivity contribution < 1.29 is 4.79 Å². The molecule has 0 N–H and O–H groups in total. The Morgan fingerprint density at radius 1 is 1.21 bits per heavy atom. The Hall–Kier alpha value is -1.82. The summed E-state index contributed by atoms with van der Waals surface area (Å²) in [6.45, 7) is 6.22. The van der Waals surface area contributed by atoms with E-state index in [4.69, 9.17) is 0 Å². The smallest absolute Gasteiger partial charge is 0.272 e. The molecular weight excluding hydrogens is 260 g/mol. The minimum absolute atomic E-state index is 0.0506. The second-order valence-corrected chi connectivity index (χ2v) is 6.22. The quantitative estimate of drug-likeness (QED) is 0.845. The number of anilines is 1. The van der Waals surface area contributed by atoms with Gasteiger partial charge in [0, 0.05) is 24.9 Å². The van der Waals surface area contributed by atoms with E-state index in [0.717, 1.165) is 5.01 Å². The zero-order valence-electron chi connectivity index (χ0n) is 11.4. The van der Waals surface area contributed by atoms with E-state index in [1.54, 1.807) is 31.7 Å². The number of carbonyl (C=O) groups is 1. The third-order valence-electron chi connectivity index (χ3n) is 2.51. The first-order chi connectivity index (χ1) is 8.89. The lowest BCUT2D eigenvalue weighted by Gasteiger charge is -2.14. The number of thiazole rings is 1. The second kappa shape index (κ2) is 5.05. The van der Waals surface area contributed by atoms with E-state index in [0.29, 0.717) is 10.8 Å². The van der Waals surface area contributed by atoms with Gasteiger partial charge in [-0.1, -0.05) is 20.8 Å². The van der Waals surface area contributed by atoms with E-state index < -0.39 is 0 Å². The molecule has 19 heavy (non-hydrogen) atoms. The first-order valence-corrected chi connectivity index (χ1v) is 6.72. The number of aromatic nitrogens is 3. The first-order valence-electron chi connectivity index (χ1n) is 5.91. The average molecular weight is 276 g/mol. The summed E-state index contributed by atoms with van der Waals surface area (Å²) in [4.78, 5) is 26.8. The fourth-order valence-electron chi connectivity index (χ4n) is 1.44. The molecule has 0 atom stereocenters. The topological polar surface area (TPSA) is 59.0 Å². The molecule has 2 rings (SSSR count). The van der Waals surface area contributed by atoms with Gasteiger partial charge in [0.15, 0.2) is 0 Å². The number of carbonyl (C=O) groups excluding carboxylic acids is 1. The van der Waals surface area contributed by atoms with Gasteiger partial charge in [0.05, 0.1) is 11.2 Å². The van der Waals surface area contributed by atoms with Crippen molar-refractivity contribution >= 4 is 23.2 Å². The molecule has 0 radical (unpaired) electrons. The maximum Gasteiger partial charge on any atom is 0.272 e. The monoisotopic (exact) mass is 276 g/mol. The van der Waals surface area contributed by atoms with Crippen molar-refractivity contribution in [3.8, 4) is 0 Å². The van der Waals surface area contributed by atoms with Gasteiger partial charge in [-0.3, -0.25) is 9.69 Å². The molecule has 2 aromatic rings. The lowest BCUT2D eigenvalue weighted by Crippen LogP contribution is -2.27. The van der Waals surface area contributed by atoms with Gasteiger partial charge in [-0.25, -0.2) is 15.0 Å². The van der Waals surface area contributed by atoms with Crippen molar-refractivity contribution in [2.24, 2.45) is 0 Å². The molecule has 2 heterocycles. The van der Waals surface area contributed by atoms with Crippen LogP contribution < -0.4 is 4.90 Å². The molecule has 0 aromatic carbocycles. The Balaban J connectivity index is 2.23. The SMILES string of the molecule is CN(C(=O)c1cnc(C(C)(C)C)s1)c1ncccn1. The Kier molecular flexibility index (Phi) is 3.61. The molecule has 6 heteroatoms. The molecule has 0 unspecified atom stereocenters. The lowest BCUT2D eigenvalue weighted by molar-refractivity contribution is 0.0995. The van der Waals surface area contributed by atoms with Crippen molar-refractivity contribution in [1.82, 2.24) is 15.0 Å². The van der Waals surface area contributed by atoms with Gasteiger partial charge in [-0.05, 0) is 6.07 Å². The van der Waals surface area contributed by atoms with Crippen LogP contribution in [0.25, 0.3) is 0 Å². The van der Waals surface area contributed by atoms with Gasteiger partial charge in [0.25, 0.3) is 5.91 Å². The van der Waals surface area contributed by atoms with Crippen LogP contribution >= 0.6 is 11.3 Å². The van der Waals surface area contributed by atoms with Crippen molar-refractivity contribution in [2.45, 2.75) is 26.2 Å². The van der Waals surface area contributed by atoms with E-state index in [1.165, 1.54) is 16.2 Å². The van der Waals surface area contributed by atoms with Crippen molar-refractivity contribution in [3.05, 3.63) is 34.5 Å². The number of amides is 1. The van der Waals surface area contributed by atoms with E-state index in [1.807, 2.05) is 0 Å². The highest BCUT2D eigenvalue weighted by Gasteiger charge is 2.23. The van der Waals surface area contributed by atoms with Crippen LogP contribution in [-0.4, -0.2) is 27.9 Å². The van der Waals surface area contributed by atoms with Gasteiger partial charge < -0.3 is 0 Å². The maximum absolute atomic E-state index is 12.3. The van der Waals surface area contributed by atoms with Crippen LogP contribution in [0, 0.1) is 0 Å². The van der Waals surface area contributed by atoms with Crippen LogP contribution in [0.15, 0.2) is 24.7 Å². The molecule has 5 nitrogen and oxygen atoms in total. The van der Waals surface area contributed by atoms with Crippen LogP contribution in [0.5, 0.6) is 0 Å². The van der Waals surface area contributed by atoms with Crippen molar-refractivity contribution in [3.63, 3.8) is 0 Å². The summed E-state index contributed by atoms with van der Waals surface area (Å²) in [5.74, 6) is 0.248. The number of rotatable bonds is 2. The highest BCUT2D eigenvalue weighted by molar-refractivity contribution is 7.13. The predicted molar refractivity (Wildman–Crippen MR) is 75.6 cm³/mol. The Morgan fingerprint density at radius 2 is 1.84 bits per heavy atom. The van der Waals surface area contributed by atoms with Gasteiger partial charge >= 0.3 is 0 Å². The highest BCUT2D eigenvalue weighted by Crippen LogP contribution is 2.27. The standard InChI is InChI=1S/C13H16N4OS/c1-13(2,3)11-16-8-9(19-11)10(18)17(4)12-14-6-5-7-15-12/h5-8H,1-4H3. The molecule has 0 saturated heterocycles. The molecule has 0 fully saturated rings. The molecule has 100 valence electrons. The first kappa shape index (κ1) is 13.6. The Morgan fingerprint density at radius 3 is 2.37 bits per heavy atom. The van der Waals surface area contributed by atoms with Crippen LogP contribution in [-0.2, 0) is 5.41 Å². The van der Waals surface area contributed by atoms with Gasteiger partial charge in [-0.15, -0.1) is 11.3 Å². The largest absolute Gasteiger partial charge is 0.279 e. The Bertz CT molecular complexity index is 574. The third-order valence-corrected chi connectivity index (χ3v) is 3.93. The van der Waals surface area contributed by atoms with E-state index in [9.17, 15) is 4.79 Å². The molecule has 0 saturated carbocycles. The summed E-state index contributed by atoms with van der Waals surface area (Å²) in [7, 11) is 1.66. The molecule has 0 aliphatic rings. The van der Waals surface area contributed by atoms with Crippen LogP contribution in [0.2, 0.25) is 0 Å². The fourth-order valence-corrected chi connectivity index (χ4v) is 2.39. The van der Waals surface area contributed by atoms with Crippen molar-refractivity contribution in [2.75, 3.05) is 11.9 Å². The average Bonchev–Trinajstić information content (AvgIpc) is 2.87. The summed E-state index contributed by atoms with van der Waals surface area (Å²) < 4.78 is 0. The summed E-state index contributed by atoms with van der Waals surface area (Å²) in [6, 6.07) is 1.71. The zero-order valence-corrected chi connectivity index (χ0v) is 12.2. The van der Waals surface area contributed by atoms with Crippen LogP contribution in [0.1, 0.15) is 35.5 Å². The zero-order chi connectivity index (χ0) is 14.0. The normalized spacial score (nSPS) is 11.4.